The molecule has 0 unspecified atom stereocenters. The quantitative estimate of drug-likeness (QED) is 0.888. The summed E-state index contributed by atoms with van der Waals surface area (Å²) in [6.45, 7) is 3.22. The molecule has 0 atom stereocenters. The van der Waals surface area contributed by atoms with Crippen LogP contribution in [0.25, 0.3) is 0 Å². The highest BCUT2D eigenvalue weighted by Gasteiger charge is 2.03. The van der Waals surface area contributed by atoms with Crippen molar-refractivity contribution >= 4 is 11.6 Å². The van der Waals surface area contributed by atoms with Gasteiger partial charge in [0.15, 0.2) is 0 Å². The Morgan fingerprint density at radius 2 is 2.25 bits per heavy atom. The maximum atomic E-state index is 5.93. The molecule has 0 saturated carbocycles. The molecule has 0 radical (unpaired) electrons. The normalized spacial score (nSPS) is 10.7. The van der Waals surface area contributed by atoms with Gasteiger partial charge in [0.1, 0.15) is 0 Å². The van der Waals surface area contributed by atoms with Crippen molar-refractivity contribution in [2.24, 2.45) is 5.73 Å². The molecule has 0 bridgehead atoms. The molecule has 0 fully saturated rings. The largest absolute Gasteiger partial charge is 0.326 e. The number of aromatic nitrogens is 2. The van der Waals surface area contributed by atoms with Crippen LogP contribution in [0.3, 0.4) is 0 Å². The predicted octanol–water partition coefficient (Wildman–Crippen LogP) is 2.35. The van der Waals surface area contributed by atoms with Crippen LogP contribution in [0.2, 0.25) is 5.02 Å². The lowest BCUT2D eigenvalue weighted by Crippen LogP contribution is -2.00. The molecule has 2 rings (SSSR count). The van der Waals surface area contributed by atoms with Crippen LogP contribution in [0.15, 0.2) is 30.5 Å². The Morgan fingerprint density at radius 1 is 1.44 bits per heavy atom. The number of nitrogens with two attached hydrogens (primary N) is 1. The molecule has 0 aliphatic rings. The lowest BCUT2D eigenvalue weighted by molar-refractivity contribution is 0.679. The van der Waals surface area contributed by atoms with Crippen molar-refractivity contribution in [2.45, 2.75) is 20.0 Å². The molecule has 4 heteroatoms. The number of rotatable bonds is 3. The zero-order chi connectivity index (χ0) is 11.5. The van der Waals surface area contributed by atoms with Crippen molar-refractivity contribution in [1.29, 1.82) is 0 Å². The average Bonchev–Trinajstić information content (AvgIpc) is 2.58. The summed E-state index contributed by atoms with van der Waals surface area (Å²) in [6.07, 6.45) is 1.98. The summed E-state index contributed by atoms with van der Waals surface area (Å²) in [6, 6.07) is 7.79. The van der Waals surface area contributed by atoms with Crippen molar-refractivity contribution in [3.63, 3.8) is 0 Å². The van der Waals surface area contributed by atoms with Gasteiger partial charge in [-0.1, -0.05) is 23.7 Å². The SMILES string of the molecule is Cc1nn(Cc2cccc(Cl)c2)cc1CN. The van der Waals surface area contributed by atoms with Crippen molar-refractivity contribution in [2.75, 3.05) is 0 Å². The second-order valence-electron chi connectivity index (χ2n) is 3.77. The highest BCUT2D eigenvalue weighted by atomic mass is 35.5. The standard InChI is InChI=1S/C12H14ClN3/c1-9-11(6-14)8-16(15-9)7-10-3-2-4-12(13)5-10/h2-5,8H,6-7,14H2,1H3. The molecule has 1 aromatic carbocycles. The molecule has 0 saturated heterocycles. The summed E-state index contributed by atoms with van der Waals surface area (Å²) in [5.74, 6) is 0. The van der Waals surface area contributed by atoms with Crippen LogP contribution in [0.1, 0.15) is 16.8 Å². The molecule has 2 N–H and O–H groups in total. The highest BCUT2D eigenvalue weighted by Crippen LogP contribution is 2.12. The fraction of sp³-hybridized carbons (Fsp3) is 0.250. The minimum Gasteiger partial charge on any atom is -0.326 e. The predicted molar refractivity (Wildman–Crippen MR) is 65.4 cm³/mol. The third-order valence-corrected chi connectivity index (χ3v) is 2.74. The Kier molecular flexibility index (Phi) is 3.27. The van der Waals surface area contributed by atoms with Gasteiger partial charge in [0, 0.05) is 23.3 Å². The average molecular weight is 236 g/mol. The number of aryl methyl sites for hydroxylation is 1. The van der Waals surface area contributed by atoms with E-state index >= 15 is 0 Å². The van der Waals surface area contributed by atoms with Crippen LogP contribution in [-0.4, -0.2) is 9.78 Å². The van der Waals surface area contributed by atoms with Gasteiger partial charge in [-0.25, -0.2) is 0 Å². The number of nitrogens with zero attached hydrogens (tertiary/aromatic N) is 2. The molecule has 84 valence electrons. The van der Waals surface area contributed by atoms with E-state index in [-0.39, 0.29) is 0 Å². The minimum absolute atomic E-state index is 0.529. The van der Waals surface area contributed by atoms with Crippen molar-refractivity contribution in [3.05, 3.63) is 52.3 Å². The number of hydrogen-bond donors (Lipinski definition) is 1. The van der Waals surface area contributed by atoms with Gasteiger partial charge in [0.05, 0.1) is 12.2 Å². The van der Waals surface area contributed by atoms with Crippen LogP contribution >= 0.6 is 11.6 Å². The maximum Gasteiger partial charge on any atom is 0.0660 e. The molecular formula is C12H14ClN3. The zero-order valence-corrected chi connectivity index (χ0v) is 9.91. The molecule has 16 heavy (non-hydrogen) atoms. The van der Waals surface area contributed by atoms with Crippen molar-refractivity contribution in [1.82, 2.24) is 9.78 Å². The summed E-state index contributed by atoms with van der Waals surface area (Å²) in [5, 5.41) is 5.15. The second kappa shape index (κ2) is 4.68. The Balaban J connectivity index is 2.20. The highest BCUT2D eigenvalue weighted by molar-refractivity contribution is 6.30. The molecule has 0 aliphatic heterocycles. The van der Waals surface area contributed by atoms with E-state index in [0.717, 1.165) is 28.4 Å². The Bertz CT molecular complexity index is 491. The molecule has 0 aliphatic carbocycles. The van der Waals surface area contributed by atoms with Crippen LogP contribution in [0.4, 0.5) is 0 Å². The van der Waals surface area contributed by atoms with Crippen LogP contribution in [0.5, 0.6) is 0 Å². The molecule has 0 spiro atoms. The van der Waals surface area contributed by atoms with E-state index in [1.807, 2.05) is 42.1 Å². The lowest BCUT2D eigenvalue weighted by atomic mass is 10.2. The molecule has 2 aromatic rings. The van der Waals surface area contributed by atoms with Gasteiger partial charge in [-0.2, -0.15) is 5.10 Å². The van der Waals surface area contributed by atoms with Gasteiger partial charge in [-0.3, -0.25) is 4.68 Å². The number of halogens is 1. The van der Waals surface area contributed by atoms with Gasteiger partial charge >= 0.3 is 0 Å². The van der Waals surface area contributed by atoms with Crippen LogP contribution in [0, 0.1) is 6.92 Å². The first kappa shape index (κ1) is 11.2. The number of hydrogen-bond acceptors (Lipinski definition) is 2. The van der Waals surface area contributed by atoms with E-state index in [0.29, 0.717) is 6.54 Å². The second-order valence-corrected chi connectivity index (χ2v) is 4.21. The Morgan fingerprint density at radius 3 is 2.88 bits per heavy atom. The Hall–Kier alpha value is -1.32. The van der Waals surface area contributed by atoms with Gasteiger partial charge in [-0.15, -0.1) is 0 Å². The van der Waals surface area contributed by atoms with Crippen molar-refractivity contribution < 1.29 is 0 Å². The summed E-state index contributed by atoms with van der Waals surface area (Å²) >= 11 is 5.93. The first-order chi connectivity index (χ1) is 7.69. The Labute approximate surface area is 99.8 Å². The third kappa shape index (κ3) is 2.43. The van der Waals surface area contributed by atoms with Gasteiger partial charge in [-0.05, 0) is 24.6 Å². The zero-order valence-electron chi connectivity index (χ0n) is 9.15. The molecule has 3 nitrogen and oxygen atoms in total. The van der Waals surface area contributed by atoms with E-state index in [2.05, 4.69) is 5.10 Å². The van der Waals surface area contributed by atoms with Crippen molar-refractivity contribution in [3.8, 4) is 0 Å². The first-order valence-electron chi connectivity index (χ1n) is 5.16. The van der Waals surface area contributed by atoms with E-state index in [9.17, 15) is 0 Å². The van der Waals surface area contributed by atoms with Gasteiger partial charge < -0.3 is 5.73 Å². The minimum atomic E-state index is 0.529. The summed E-state index contributed by atoms with van der Waals surface area (Å²) in [4.78, 5) is 0. The first-order valence-corrected chi connectivity index (χ1v) is 5.54. The summed E-state index contributed by atoms with van der Waals surface area (Å²) < 4.78 is 1.89. The molecule has 0 amide bonds. The van der Waals surface area contributed by atoms with Gasteiger partial charge in [0.2, 0.25) is 0 Å². The molecule has 1 aromatic heterocycles. The fourth-order valence-corrected chi connectivity index (χ4v) is 1.88. The van der Waals surface area contributed by atoms with Crippen LogP contribution < -0.4 is 5.73 Å². The third-order valence-electron chi connectivity index (χ3n) is 2.50. The van der Waals surface area contributed by atoms with E-state index in [1.165, 1.54) is 0 Å². The molecule has 1 heterocycles. The van der Waals surface area contributed by atoms with E-state index < -0.39 is 0 Å². The summed E-state index contributed by atoms with van der Waals surface area (Å²) in [5.41, 5.74) is 8.82. The fourth-order valence-electron chi connectivity index (χ4n) is 1.66. The van der Waals surface area contributed by atoms with Gasteiger partial charge in [0.25, 0.3) is 0 Å². The lowest BCUT2D eigenvalue weighted by Gasteiger charge is -2.01. The van der Waals surface area contributed by atoms with E-state index in [4.69, 9.17) is 17.3 Å². The summed E-state index contributed by atoms with van der Waals surface area (Å²) in [7, 11) is 0. The smallest absolute Gasteiger partial charge is 0.0660 e. The monoisotopic (exact) mass is 235 g/mol. The number of benzene rings is 1. The topological polar surface area (TPSA) is 43.8 Å². The van der Waals surface area contributed by atoms with E-state index in [1.54, 1.807) is 0 Å². The molecular weight excluding hydrogens is 222 g/mol. The van der Waals surface area contributed by atoms with Crippen LogP contribution in [-0.2, 0) is 13.1 Å². The maximum absolute atomic E-state index is 5.93.